The summed E-state index contributed by atoms with van der Waals surface area (Å²) in [5.41, 5.74) is 1.52. The quantitative estimate of drug-likeness (QED) is 0.760. The molecule has 0 saturated heterocycles. The maximum absolute atomic E-state index is 13.5. The first kappa shape index (κ1) is 11.5. The minimum absolute atomic E-state index is 0.130. The fraction of sp³-hybridized carbons (Fsp3) is 0.0833. The van der Waals surface area contributed by atoms with Gasteiger partial charge in [-0.25, -0.2) is 4.39 Å². The number of hydrogen-bond acceptors (Lipinski definition) is 2. The number of carbonyl (C=O) groups is 1. The van der Waals surface area contributed by atoms with E-state index in [1.165, 1.54) is 17.4 Å². The van der Waals surface area contributed by atoms with E-state index in [-0.39, 0.29) is 11.3 Å². The summed E-state index contributed by atoms with van der Waals surface area (Å²) in [4.78, 5) is 12.0. The molecule has 0 unspecified atom stereocenters. The van der Waals surface area contributed by atoms with Crippen LogP contribution in [0.2, 0.25) is 0 Å². The molecule has 0 aliphatic carbocycles. The minimum atomic E-state index is -0.474. The molecule has 0 amide bonds. The summed E-state index contributed by atoms with van der Waals surface area (Å²) in [7, 11) is 0. The first-order valence-corrected chi connectivity index (χ1v) is 6.30. The lowest BCUT2D eigenvalue weighted by Crippen LogP contribution is -2.03. The van der Waals surface area contributed by atoms with Crippen LogP contribution in [0.1, 0.15) is 21.5 Å². The average molecular weight is 299 g/mol. The van der Waals surface area contributed by atoms with Crippen molar-refractivity contribution in [3.05, 3.63) is 55.9 Å². The Balaban J connectivity index is 2.45. The molecule has 1 aromatic carbocycles. The van der Waals surface area contributed by atoms with Crippen LogP contribution >= 0.6 is 27.3 Å². The number of aryl methyl sites for hydroxylation is 1. The Hall–Kier alpha value is -1.00. The second kappa shape index (κ2) is 4.47. The van der Waals surface area contributed by atoms with E-state index in [9.17, 15) is 9.18 Å². The van der Waals surface area contributed by atoms with Gasteiger partial charge in [0, 0.05) is 10.9 Å². The summed E-state index contributed by atoms with van der Waals surface area (Å²) in [6.07, 6.45) is 0. The van der Waals surface area contributed by atoms with Crippen molar-refractivity contribution in [1.82, 2.24) is 0 Å². The standard InChI is InChI=1S/C12H8BrFOS/c1-7-2-3-10(14)9(4-7)12(15)8-5-11(13)16-6-8/h2-6H,1H3. The summed E-state index contributed by atoms with van der Waals surface area (Å²) in [5.74, 6) is -0.749. The number of benzene rings is 1. The van der Waals surface area contributed by atoms with Crippen LogP contribution in [-0.4, -0.2) is 5.78 Å². The summed E-state index contributed by atoms with van der Waals surface area (Å²) in [6, 6.07) is 6.25. The SMILES string of the molecule is Cc1ccc(F)c(C(=O)c2csc(Br)c2)c1. The number of rotatable bonds is 2. The molecule has 82 valence electrons. The van der Waals surface area contributed by atoms with Gasteiger partial charge in [0.15, 0.2) is 5.78 Å². The van der Waals surface area contributed by atoms with E-state index in [1.54, 1.807) is 23.6 Å². The van der Waals surface area contributed by atoms with Crippen LogP contribution in [0.15, 0.2) is 33.4 Å². The van der Waals surface area contributed by atoms with Crippen LogP contribution in [0.5, 0.6) is 0 Å². The molecule has 0 radical (unpaired) electrons. The molecule has 4 heteroatoms. The zero-order chi connectivity index (χ0) is 11.7. The predicted molar refractivity (Wildman–Crippen MR) is 66.6 cm³/mol. The van der Waals surface area contributed by atoms with E-state index < -0.39 is 5.82 Å². The number of ketones is 1. The summed E-state index contributed by atoms with van der Waals surface area (Å²) in [5, 5.41) is 1.72. The number of hydrogen-bond donors (Lipinski definition) is 0. The molecule has 2 rings (SSSR count). The molecule has 0 spiro atoms. The topological polar surface area (TPSA) is 17.1 Å². The first-order valence-electron chi connectivity index (χ1n) is 4.63. The van der Waals surface area contributed by atoms with Crippen molar-refractivity contribution in [2.45, 2.75) is 6.92 Å². The third-order valence-electron chi connectivity index (χ3n) is 2.20. The van der Waals surface area contributed by atoms with E-state index in [4.69, 9.17) is 0 Å². The molecule has 1 nitrogen and oxygen atoms in total. The van der Waals surface area contributed by atoms with Crippen LogP contribution < -0.4 is 0 Å². The minimum Gasteiger partial charge on any atom is -0.288 e. The van der Waals surface area contributed by atoms with Crippen molar-refractivity contribution < 1.29 is 9.18 Å². The maximum Gasteiger partial charge on any atom is 0.196 e. The third kappa shape index (κ3) is 2.23. The summed E-state index contributed by atoms with van der Waals surface area (Å²) >= 11 is 4.69. The van der Waals surface area contributed by atoms with Gasteiger partial charge in [-0.3, -0.25) is 4.79 Å². The van der Waals surface area contributed by atoms with Crippen LogP contribution in [0.4, 0.5) is 4.39 Å². The van der Waals surface area contributed by atoms with E-state index >= 15 is 0 Å². The number of thiophene rings is 1. The Morgan fingerprint density at radius 1 is 1.38 bits per heavy atom. The molecule has 0 aliphatic rings. The van der Waals surface area contributed by atoms with Gasteiger partial charge in [-0.05, 0) is 41.1 Å². The maximum atomic E-state index is 13.5. The largest absolute Gasteiger partial charge is 0.288 e. The average Bonchev–Trinajstić information content (AvgIpc) is 2.67. The van der Waals surface area contributed by atoms with Gasteiger partial charge < -0.3 is 0 Å². The molecule has 0 saturated carbocycles. The lowest BCUT2D eigenvalue weighted by molar-refractivity contribution is 0.103. The summed E-state index contributed by atoms with van der Waals surface area (Å²) in [6.45, 7) is 1.83. The molecular formula is C12H8BrFOS. The lowest BCUT2D eigenvalue weighted by atomic mass is 10.0. The zero-order valence-corrected chi connectivity index (χ0v) is 10.9. The zero-order valence-electron chi connectivity index (χ0n) is 8.46. The molecule has 2 aromatic rings. The van der Waals surface area contributed by atoms with Crippen molar-refractivity contribution in [3.8, 4) is 0 Å². The Kier molecular flexibility index (Phi) is 3.21. The second-order valence-electron chi connectivity index (χ2n) is 3.45. The highest BCUT2D eigenvalue weighted by molar-refractivity contribution is 9.11. The fourth-order valence-electron chi connectivity index (χ4n) is 1.40. The summed E-state index contributed by atoms with van der Waals surface area (Å²) < 4.78 is 14.3. The van der Waals surface area contributed by atoms with Gasteiger partial charge in [-0.1, -0.05) is 11.6 Å². The third-order valence-corrected chi connectivity index (χ3v) is 3.70. The van der Waals surface area contributed by atoms with Crippen molar-refractivity contribution in [1.29, 1.82) is 0 Å². The normalized spacial score (nSPS) is 10.4. The van der Waals surface area contributed by atoms with Crippen LogP contribution in [0, 0.1) is 12.7 Å². The smallest absolute Gasteiger partial charge is 0.196 e. The first-order chi connectivity index (χ1) is 7.58. The highest BCUT2D eigenvalue weighted by Gasteiger charge is 2.15. The van der Waals surface area contributed by atoms with E-state index in [1.807, 2.05) is 6.92 Å². The van der Waals surface area contributed by atoms with Crippen LogP contribution in [0.3, 0.4) is 0 Å². The molecule has 1 heterocycles. The van der Waals surface area contributed by atoms with Gasteiger partial charge in [-0.15, -0.1) is 11.3 Å². The molecule has 0 N–H and O–H groups in total. The van der Waals surface area contributed by atoms with Gasteiger partial charge >= 0.3 is 0 Å². The predicted octanol–water partition coefficient (Wildman–Crippen LogP) is 4.19. The van der Waals surface area contributed by atoms with Crippen molar-refractivity contribution in [2.75, 3.05) is 0 Å². The monoisotopic (exact) mass is 298 g/mol. The van der Waals surface area contributed by atoms with Gasteiger partial charge in [-0.2, -0.15) is 0 Å². The molecular weight excluding hydrogens is 291 g/mol. The Morgan fingerprint density at radius 2 is 2.12 bits per heavy atom. The molecule has 0 bridgehead atoms. The fourth-order valence-corrected chi connectivity index (χ4v) is 2.53. The van der Waals surface area contributed by atoms with Gasteiger partial charge in [0.1, 0.15) is 5.82 Å². The Labute approximate surface area is 105 Å². The van der Waals surface area contributed by atoms with Crippen molar-refractivity contribution in [3.63, 3.8) is 0 Å². The number of halogens is 2. The van der Waals surface area contributed by atoms with Gasteiger partial charge in [0.2, 0.25) is 0 Å². The van der Waals surface area contributed by atoms with E-state index in [0.29, 0.717) is 5.56 Å². The molecule has 1 aromatic heterocycles. The number of carbonyl (C=O) groups excluding carboxylic acids is 1. The van der Waals surface area contributed by atoms with Gasteiger partial charge in [0.05, 0.1) is 9.35 Å². The van der Waals surface area contributed by atoms with Crippen molar-refractivity contribution >= 4 is 33.0 Å². The van der Waals surface area contributed by atoms with Crippen molar-refractivity contribution in [2.24, 2.45) is 0 Å². The van der Waals surface area contributed by atoms with E-state index in [0.717, 1.165) is 9.35 Å². The molecule has 0 aliphatic heterocycles. The van der Waals surface area contributed by atoms with Crippen LogP contribution in [-0.2, 0) is 0 Å². The Bertz CT molecular complexity index is 548. The Morgan fingerprint density at radius 3 is 2.75 bits per heavy atom. The second-order valence-corrected chi connectivity index (χ2v) is 5.74. The highest BCUT2D eigenvalue weighted by atomic mass is 79.9. The highest BCUT2D eigenvalue weighted by Crippen LogP contribution is 2.24. The van der Waals surface area contributed by atoms with Gasteiger partial charge in [0.25, 0.3) is 0 Å². The lowest BCUT2D eigenvalue weighted by Gasteiger charge is -2.01. The molecule has 16 heavy (non-hydrogen) atoms. The molecule has 0 atom stereocenters. The van der Waals surface area contributed by atoms with E-state index in [2.05, 4.69) is 15.9 Å². The molecule has 0 fully saturated rings. The van der Waals surface area contributed by atoms with Crippen LogP contribution in [0.25, 0.3) is 0 Å².